The minimum absolute atomic E-state index is 0.178. The normalized spacial score (nSPS) is 15.8. The first-order chi connectivity index (χ1) is 8.33. The van der Waals surface area contributed by atoms with E-state index >= 15 is 0 Å². The average Bonchev–Trinajstić information content (AvgIpc) is 2.78. The largest absolute Gasteiger partial charge is 0.313 e. The number of nitrogens with one attached hydrogen (secondary N) is 2. The molecule has 0 saturated carbocycles. The molecule has 0 radical (unpaired) electrons. The maximum atomic E-state index is 12.1. The van der Waals surface area contributed by atoms with E-state index in [2.05, 4.69) is 10.0 Å². The maximum absolute atomic E-state index is 12.1. The van der Waals surface area contributed by atoms with Crippen molar-refractivity contribution in [1.29, 1.82) is 0 Å². The summed E-state index contributed by atoms with van der Waals surface area (Å²) in [5.74, 6) is 0. The second-order valence-electron chi connectivity index (χ2n) is 4.81. The maximum Gasteiger partial charge on any atom is 0.216 e. The van der Waals surface area contributed by atoms with Gasteiger partial charge in [-0.05, 0) is 36.2 Å². The number of sulfonamides is 1. The van der Waals surface area contributed by atoms with Crippen LogP contribution in [0.15, 0.2) is 16.8 Å². The van der Waals surface area contributed by atoms with Crippen molar-refractivity contribution in [3.05, 3.63) is 22.4 Å². The molecular formula is C12H22N2O2S2. The molecule has 2 N–H and O–H groups in total. The third kappa shape index (κ3) is 4.68. The second kappa shape index (κ2) is 6.65. The van der Waals surface area contributed by atoms with Gasteiger partial charge < -0.3 is 5.32 Å². The average molecular weight is 290 g/mol. The van der Waals surface area contributed by atoms with Gasteiger partial charge >= 0.3 is 0 Å². The molecule has 0 amide bonds. The predicted molar refractivity (Wildman–Crippen MR) is 77.4 cm³/mol. The molecule has 1 rings (SSSR count). The standard InChI is InChI=1S/C12H22N2O2S2/c1-9(2)13-7-10(3)18(15,16)14-11(4)12-5-6-17-8-12/h5-6,8-11,13-14H,7H2,1-4H3. The highest BCUT2D eigenvalue weighted by molar-refractivity contribution is 7.90. The quantitative estimate of drug-likeness (QED) is 0.808. The molecule has 0 fully saturated rings. The summed E-state index contributed by atoms with van der Waals surface area (Å²) in [4.78, 5) is 0. The molecule has 0 aliphatic rings. The second-order valence-corrected chi connectivity index (χ2v) is 7.73. The van der Waals surface area contributed by atoms with Crippen LogP contribution < -0.4 is 10.0 Å². The third-order valence-corrected chi connectivity index (χ3v) is 5.34. The summed E-state index contributed by atoms with van der Waals surface area (Å²) in [7, 11) is -3.29. The minimum atomic E-state index is -3.29. The molecule has 6 heteroatoms. The van der Waals surface area contributed by atoms with Crippen molar-refractivity contribution < 1.29 is 8.42 Å². The van der Waals surface area contributed by atoms with Gasteiger partial charge in [-0.3, -0.25) is 0 Å². The Morgan fingerprint density at radius 1 is 1.28 bits per heavy atom. The van der Waals surface area contributed by atoms with Crippen molar-refractivity contribution in [1.82, 2.24) is 10.0 Å². The van der Waals surface area contributed by atoms with Gasteiger partial charge in [-0.1, -0.05) is 13.8 Å². The first-order valence-electron chi connectivity index (χ1n) is 6.09. The van der Waals surface area contributed by atoms with Crippen molar-refractivity contribution in [2.75, 3.05) is 6.54 Å². The Hall–Kier alpha value is -0.430. The lowest BCUT2D eigenvalue weighted by Crippen LogP contribution is -2.41. The van der Waals surface area contributed by atoms with Crippen LogP contribution in [0.25, 0.3) is 0 Å². The van der Waals surface area contributed by atoms with Crippen LogP contribution in [0.5, 0.6) is 0 Å². The predicted octanol–water partition coefficient (Wildman–Crippen LogP) is 2.11. The van der Waals surface area contributed by atoms with Crippen LogP contribution in [0.3, 0.4) is 0 Å². The molecule has 2 atom stereocenters. The van der Waals surface area contributed by atoms with Gasteiger partial charge in [0.15, 0.2) is 0 Å². The van der Waals surface area contributed by atoms with Crippen LogP contribution in [0, 0.1) is 0 Å². The van der Waals surface area contributed by atoms with Crippen molar-refractivity contribution >= 4 is 21.4 Å². The van der Waals surface area contributed by atoms with Crippen molar-refractivity contribution in [2.24, 2.45) is 0 Å². The highest BCUT2D eigenvalue weighted by atomic mass is 32.2. The van der Waals surface area contributed by atoms with Gasteiger partial charge in [0.05, 0.1) is 5.25 Å². The smallest absolute Gasteiger partial charge is 0.216 e. The Balaban J connectivity index is 2.58. The summed E-state index contributed by atoms with van der Waals surface area (Å²) in [5, 5.41) is 6.61. The van der Waals surface area contributed by atoms with Gasteiger partial charge in [0, 0.05) is 18.6 Å². The molecule has 2 unspecified atom stereocenters. The van der Waals surface area contributed by atoms with Gasteiger partial charge in [-0.2, -0.15) is 11.3 Å². The van der Waals surface area contributed by atoms with E-state index in [-0.39, 0.29) is 12.1 Å². The summed E-state index contributed by atoms with van der Waals surface area (Å²) < 4.78 is 26.9. The fourth-order valence-electron chi connectivity index (χ4n) is 1.46. The molecule has 0 aromatic carbocycles. The van der Waals surface area contributed by atoms with E-state index in [9.17, 15) is 8.42 Å². The van der Waals surface area contributed by atoms with Crippen LogP contribution in [0.4, 0.5) is 0 Å². The molecule has 1 aromatic heterocycles. The van der Waals surface area contributed by atoms with Crippen LogP contribution in [-0.4, -0.2) is 26.3 Å². The van der Waals surface area contributed by atoms with E-state index < -0.39 is 15.3 Å². The zero-order valence-electron chi connectivity index (χ0n) is 11.3. The van der Waals surface area contributed by atoms with Crippen LogP contribution >= 0.6 is 11.3 Å². The van der Waals surface area contributed by atoms with Gasteiger partial charge in [-0.15, -0.1) is 0 Å². The number of rotatable bonds is 7. The highest BCUT2D eigenvalue weighted by Gasteiger charge is 2.23. The lowest BCUT2D eigenvalue weighted by atomic mass is 10.2. The Kier molecular flexibility index (Phi) is 5.78. The summed E-state index contributed by atoms with van der Waals surface area (Å²) in [5.41, 5.74) is 1.01. The van der Waals surface area contributed by atoms with E-state index in [1.54, 1.807) is 18.3 Å². The van der Waals surface area contributed by atoms with E-state index in [0.717, 1.165) is 5.56 Å². The zero-order chi connectivity index (χ0) is 13.8. The first kappa shape index (κ1) is 15.6. The van der Waals surface area contributed by atoms with Crippen molar-refractivity contribution in [3.8, 4) is 0 Å². The summed E-state index contributed by atoms with van der Waals surface area (Å²) in [6, 6.07) is 2.05. The minimum Gasteiger partial charge on any atom is -0.313 e. The van der Waals surface area contributed by atoms with Crippen LogP contribution in [0.2, 0.25) is 0 Å². The Morgan fingerprint density at radius 2 is 1.94 bits per heavy atom. The molecule has 0 saturated heterocycles. The van der Waals surface area contributed by atoms with E-state index in [1.165, 1.54) is 0 Å². The highest BCUT2D eigenvalue weighted by Crippen LogP contribution is 2.17. The molecule has 18 heavy (non-hydrogen) atoms. The van der Waals surface area contributed by atoms with Gasteiger partial charge in [0.2, 0.25) is 10.0 Å². The van der Waals surface area contributed by atoms with E-state index in [1.807, 2.05) is 37.6 Å². The summed E-state index contributed by atoms with van der Waals surface area (Å²) in [6.45, 7) is 8.05. The molecule has 0 bridgehead atoms. The molecule has 0 spiro atoms. The molecule has 1 heterocycles. The van der Waals surface area contributed by atoms with Gasteiger partial charge in [0.1, 0.15) is 0 Å². The van der Waals surface area contributed by atoms with Gasteiger partial charge in [0.25, 0.3) is 0 Å². The molecule has 104 valence electrons. The number of hydrogen-bond acceptors (Lipinski definition) is 4. The van der Waals surface area contributed by atoms with E-state index in [4.69, 9.17) is 0 Å². The van der Waals surface area contributed by atoms with Crippen LogP contribution in [0.1, 0.15) is 39.3 Å². The first-order valence-corrected chi connectivity index (χ1v) is 8.58. The van der Waals surface area contributed by atoms with Crippen LogP contribution in [-0.2, 0) is 10.0 Å². The third-order valence-electron chi connectivity index (χ3n) is 2.73. The summed E-state index contributed by atoms with van der Waals surface area (Å²) in [6.07, 6.45) is 0. The monoisotopic (exact) mass is 290 g/mol. The van der Waals surface area contributed by atoms with E-state index in [0.29, 0.717) is 6.54 Å². The molecule has 0 aliphatic carbocycles. The fourth-order valence-corrected chi connectivity index (χ4v) is 3.39. The zero-order valence-corrected chi connectivity index (χ0v) is 12.9. The lowest BCUT2D eigenvalue weighted by Gasteiger charge is -2.19. The fraction of sp³-hybridized carbons (Fsp3) is 0.667. The SMILES string of the molecule is CC(C)NCC(C)S(=O)(=O)NC(C)c1ccsc1. The Labute approximate surface area is 114 Å². The Morgan fingerprint density at radius 3 is 2.44 bits per heavy atom. The molecule has 0 aliphatic heterocycles. The molecule has 1 aromatic rings. The molecule has 4 nitrogen and oxygen atoms in total. The molecular weight excluding hydrogens is 268 g/mol. The topological polar surface area (TPSA) is 58.2 Å². The number of thiophene rings is 1. The Bertz CT molecular complexity index is 441. The van der Waals surface area contributed by atoms with Crippen molar-refractivity contribution in [3.63, 3.8) is 0 Å². The van der Waals surface area contributed by atoms with Crippen molar-refractivity contribution in [2.45, 2.75) is 45.0 Å². The number of hydrogen-bond donors (Lipinski definition) is 2. The summed E-state index contributed by atoms with van der Waals surface area (Å²) >= 11 is 1.57. The van der Waals surface area contributed by atoms with Gasteiger partial charge in [-0.25, -0.2) is 13.1 Å². The lowest BCUT2D eigenvalue weighted by molar-refractivity contribution is 0.532.